The molecule has 0 saturated carbocycles. The Hall–Kier alpha value is -1.10. The molecule has 4 nitrogen and oxygen atoms in total. The number of benzene rings is 1. The first-order chi connectivity index (χ1) is 7.77. The van der Waals surface area contributed by atoms with Crippen LogP contribution in [0.25, 0.3) is 0 Å². The van der Waals surface area contributed by atoms with E-state index in [2.05, 4.69) is 5.32 Å². The van der Waals surface area contributed by atoms with Gasteiger partial charge in [-0.05, 0) is 5.56 Å². The molecule has 5 heteroatoms. The van der Waals surface area contributed by atoms with Gasteiger partial charge < -0.3 is 15.8 Å². The number of nitrogens with one attached hydrogen (secondary N) is 1. The molecule has 0 aromatic heterocycles. The highest BCUT2D eigenvalue weighted by molar-refractivity contribution is 5.85. The van der Waals surface area contributed by atoms with E-state index in [0.717, 1.165) is 18.7 Å². The van der Waals surface area contributed by atoms with Crippen molar-refractivity contribution in [2.45, 2.75) is 12.6 Å². The highest BCUT2D eigenvalue weighted by atomic mass is 35.5. The number of ether oxygens (including phenoxy) is 1. The van der Waals surface area contributed by atoms with Crippen molar-refractivity contribution >= 4 is 18.4 Å². The summed E-state index contributed by atoms with van der Waals surface area (Å²) in [6.07, 6.45) is 0. The molecule has 0 aliphatic carbocycles. The molecule has 1 heterocycles. The highest BCUT2D eigenvalue weighted by Crippen LogP contribution is 2.09. The molecule has 94 valence electrons. The molecule has 0 bridgehead atoms. The van der Waals surface area contributed by atoms with Crippen molar-refractivity contribution in [2.24, 2.45) is 11.7 Å². The molecule has 17 heavy (non-hydrogen) atoms. The smallest absolute Gasteiger partial charge is 0.323 e. The van der Waals surface area contributed by atoms with E-state index in [9.17, 15) is 4.79 Å². The number of carbonyl (C=O) groups is 1. The number of esters is 1. The van der Waals surface area contributed by atoms with Crippen LogP contribution in [-0.4, -0.2) is 25.1 Å². The van der Waals surface area contributed by atoms with Crippen LogP contribution in [-0.2, 0) is 16.1 Å². The lowest BCUT2D eigenvalue weighted by Crippen LogP contribution is -2.55. The van der Waals surface area contributed by atoms with Crippen LogP contribution in [0.2, 0.25) is 0 Å². The van der Waals surface area contributed by atoms with Crippen molar-refractivity contribution in [3.8, 4) is 0 Å². The first kappa shape index (κ1) is 14.0. The van der Waals surface area contributed by atoms with Crippen LogP contribution in [0.1, 0.15) is 5.56 Å². The largest absolute Gasteiger partial charge is 0.460 e. The lowest BCUT2D eigenvalue weighted by Gasteiger charge is -2.30. The fraction of sp³-hybridized carbons (Fsp3) is 0.417. The number of nitrogens with two attached hydrogens (primary N) is 1. The number of halogens is 1. The predicted octanol–water partition coefficient (Wildman–Crippen LogP) is 0.698. The van der Waals surface area contributed by atoms with Crippen LogP contribution in [0.5, 0.6) is 0 Å². The van der Waals surface area contributed by atoms with E-state index in [1.807, 2.05) is 30.3 Å². The zero-order valence-electron chi connectivity index (χ0n) is 9.46. The second kappa shape index (κ2) is 6.59. The van der Waals surface area contributed by atoms with Gasteiger partial charge in [0.25, 0.3) is 0 Å². The Morgan fingerprint density at radius 3 is 2.59 bits per heavy atom. The fourth-order valence-corrected chi connectivity index (χ4v) is 1.58. The van der Waals surface area contributed by atoms with Crippen LogP contribution in [0, 0.1) is 5.92 Å². The summed E-state index contributed by atoms with van der Waals surface area (Å²) in [4.78, 5) is 11.6. The van der Waals surface area contributed by atoms with E-state index < -0.39 is 6.04 Å². The Balaban J connectivity index is 0.00000144. The van der Waals surface area contributed by atoms with Gasteiger partial charge in [0.05, 0.1) is 0 Å². The minimum absolute atomic E-state index is 0. The first-order valence-corrected chi connectivity index (χ1v) is 5.44. The third kappa shape index (κ3) is 3.70. The van der Waals surface area contributed by atoms with Crippen LogP contribution >= 0.6 is 12.4 Å². The summed E-state index contributed by atoms with van der Waals surface area (Å²) < 4.78 is 5.16. The molecule has 2 rings (SSSR count). The van der Waals surface area contributed by atoms with Crippen LogP contribution in [0.3, 0.4) is 0 Å². The molecule has 1 atom stereocenters. The maximum atomic E-state index is 11.6. The van der Waals surface area contributed by atoms with Crippen molar-refractivity contribution in [1.82, 2.24) is 5.32 Å². The second-order valence-electron chi connectivity index (χ2n) is 4.04. The number of carbonyl (C=O) groups excluding carboxylic acids is 1. The monoisotopic (exact) mass is 256 g/mol. The SMILES string of the molecule is Cl.NC(C(=O)OCc1ccccc1)C1CNC1. The van der Waals surface area contributed by atoms with Gasteiger partial charge in [-0.25, -0.2) is 0 Å². The van der Waals surface area contributed by atoms with Crippen molar-refractivity contribution in [3.63, 3.8) is 0 Å². The zero-order chi connectivity index (χ0) is 11.4. The van der Waals surface area contributed by atoms with Crippen molar-refractivity contribution < 1.29 is 9.53 Å². The molecular weight excluding hydrogens is 240 g/mol. The average molecular weight is 257 g/mol. The summed E-state index contributed by atoms with van der Waals surface area (Å²) in [5, 5.41) is 3.08. The molecule has 1 aromatic rings. The van der Waals surface area contributed by atoms with E-state index in [1.54, 1.807) is 0 Å². The first-order valence-electron chi connectivity index (χ1n) is 5.44. The Morgan fingerprint density at radius 2 is 2.06 bits per heavy atom. The molecule has 0 spiro atoms. The molecular formula is C12H17ClN2O2. The van der Waals surface area contributed by atoms with E-state index >= 15 is 0 Å². The zero-order valence-corrected chi connectivity index (χ0v) is 10.3. The van der Waals surface area contributed by atoms with Crippen molar-refractivity contribution in [2.75, 3.05) is 13.1 Å². The van der Waals surface area contributed by atoms with Crippen molar-refractivity contribution in [3.05, 3.63) is 35.9 Å². The lowest BCUT2D eigenvalue weighted by molar-refractivity contribution is -0.148. The van der Waals surface area contributed by atoms with Crippen LogP contribution in [0.15, 0.2) is 30.3 Å². The summed E-state index contributed by atoms with van der Waals surface area (Å²) in [6, 6.07) is 9.10. The molecule has 1 aliphatic heterocycles. The average Bonchev–Trinajstić information content (AvgIpc) is 2.25. The van der Waals surface area contributed by atoms with Gasteiger partial charge in [-0.2, -0.15) is 0 Å². The maximum Gasteiger partial charge on any atom is 0.323 e. The summed E-state index contributed by atoms with van der Waals surface area (Å²) in [5.74, 6) is -0.0846. The molecule has 1 aliphatic rings. The van der Waals surface area contributed by atoms with Crippen molar-refractivity contribution in [1.29, 1.82) is 0 Å². The van der Waals surface area contributed by atoms with Gasteiger partial charge in [0.15, 0.2) is 0 Å². The third-order valence-electron chi connectivity index (χ3n) is 2.82. The van der Waals surface area contributed by atoms with E-state index in [-0.39, 0.29) is 24.3 Å². The van der Waals surface area contributed by atoms with Gasteiger partial charge in [0.1, 0.15) is 12.6 Å². The van der Waals surface area contributed by atoms with Gasteiger partial charge >= 0.3 is 5.97 Å². The number of hydrogen-bond acceptors (Lipinski definition) is 4. The van der Waals surface area contributed by atoms with E-state index in [1.165, 1.54) is 0 Å². The van der Waals surface area contributed by atoms with Gasteiger partial charge in [0, 0.05) is 19.0 Å². The minimum Gasteiger partial charge on any atom is -0.460 e. The summed E-state index contributed by atoms with van der Waals surface area (Å²) in [6.45, 7) is 1.91. The standard InChI is InChI=1S/C12H16N2O2.ClH/c13-11(10-6-14-7-10)12(15)16-8-9-4-2-1-3-5-9;/h1-5,10-11,14H,6-8,13H2;1H. The highest BCUT2D eigenvalue weighted by Gasteiger charge is 2.30. The predicted molar refractivity (Wildman–Crippen MR) is 67.8 cm³/mol. The quantitative estimate of drug-likeness (QED) is 0.779. The molecule has 1 aromatic carbocycles. The normalized spacial score (nSPS) is 16.5. The van der Waals surface area contributed by atoms with Crippen LogP contribution in [0.4, 0.5) is 0 Å². The van der Waals surface area contributed by atoms with Gasteiger partial charge in [-0.3, -0.25) is 4.79 Å². The summed E-state index contributed by atoms with van der Waals surface area (Å²) in [7, 11) is 0. The van der Waals surface area contributed by atoms with E-state index in [0.29, 0.717) is 6.61 Å². The third-order valence-corrected chi connectivity index (χ3v) is 2.82. The summed E-state index contributed by atoms with van der Waals surface area (Å²) >= 11 is 0. The fourth-order valence-electron chi connectivity index (χ4n) is 1.58. The number of hydrogen-bond donors (Lipinski definition) is 2. The molecule has 1 fully saturated rings. The topological polar surface area (TPSA) is 64.4 Å². The summed E-state index contributed by atoms with van der Waals surface area (Å²) in [5.41, 5.74) is 6.75. The molecule has 0 radical (unpaired) electrons. The van der Waals surface area contributed by atoms with Gasteiger partial charge in [-0.1, -0.05) is 30.3 Å². The van der Waals surface area contributed by atoms with Gasteiger partial charge in [-0.15, -0.1) is 12.4 Å². The lowest BCUT2D eigenvalue weighted by atomic mass is 9.95. The Kier molecular flexibility index (Phi) is 5.41. The second-order valence-corrected chi connectivity index (χ2v) is 4.04. The Bertz CT molecular complexity index is 355. The van der Waals surface area contributed by atoms with Crippen LogP contribution < -0.4 is 11.1 Å². The molecule has 1 unspecified atom stereocenters. The number of rotatable bonds is 4. The molecule has 0 amide bonds. The molecule has 3 N–H and O–H groups in total. The Labute approximate surface area is 107 Å². The Morgan fingerprint density at radius 1 is 1.41 bits per heavy atom. The maximum absolute atomic E-state index is 11.6. The van der Waals surface area contributed by atoms with Gasteiger partial charge in [0.2, 0.25) is 0 Å². The molecule has 1 saturated heterocycles. The van der Waals surface area contributed by atoms with E-state index in [4.69, 9.17) is 10.5 Å². The minimum atomic E-state index is -0.495.